The summed E-state index contributed by atoms with van der Waals surface area (Å²) in [5, 5.41) is 0. The van der Waals surface area contributed by atoms with E-state index in [2.05, 4.69) is 15.0 Å². The summed E-state index contributed by atoms with van der Waals surface area (Å²) in [7, 11) is 0. The molecule has 86 valence electrons. The molecule has 17 heavy (non-hydrogen) atoms. The standard InChI is InChI=1S/C13H13N3O/c17-13-9-5-1-2-6-10(9)15-12(16-13)11-7-3-4-8-14-11/h3-4,7-8H,1-2,5-6H2,(H,15,16,17). The molecule has 0 amide bonds. The number of hydrogen-bond acceptors (Lipinski definition) is 3. The maximum atomic E-state index is 11.9. The molecular weight excluding hydrogens is 214 g/mol. The molecule has 3 rings (SSSR count). The number of hydrogen-bond donors (Lipinski definition) is 1. The summed E-state index contributed by atoms with van der Waals surface area (Å²) >= 11 is 0. The summed E-state index contributed by atoms with van der Waals surface area (Å²) in [5.41, 5.74) is 2.52. The first-order valence-corrected chi connectivity index (χ1v) is 5.88. The summed E-state index contributed by atoms with van der Waals surface area (Å²) in [6.07, 6.45) is 5.65. The molecule has 2 heterocycles. The Kier molecular flexibility index (Phi) is 2.48. The number of pyridine rings is 1. The van der Waals surface area contributed by atoms with Gasteiger partial charge in [-0.25, -0.2) is 4.98 Å². The Morgan fingerprint density at radius 1 is 1.18 bits per heavy atom. The van der Waals surface area contributed by atoms with E-state index >= 15 is 0 Å². The van der Waals surface area contributed by atoms with Gasteiger partial charge in [0.25, 0.3) is 5.56 Å². The third-order valence-electron chi connectivity index (χ3n) is 3.10. The fourth-order valence-corrected chi connectivity index (χ4v) is 2.23. The van der Waals surface area contributed by atoms with Crippen molar-refractivity contribution in [3.05, 3.63) is 46.0 Å². The van der Waals surface area contributed by atoms with Crippen LogP contribution in [0.15, 0.2) is 29.2 Å². The van der Waals surface area contributed by atoms with Gasteiger partial charge in [0.05, 0.1) is 5.69 Å². The summed E-state index contributed by atoms with van der Waals surface area (Å²) in [6.45, 7) is 0. The van der Waals surface area contributed by atoms with Crippen LogP contribution in [0.25, 0.3) is 11.5 Å². The van der Waals surface area contributed by atoms with E-state index in [4.69, 9.17) is 0 Å². The van der Waals surface area contributed by atoms with E-state index in [1.165, 1.54) is 0 Å². The van der Waals surface area contributed by atoms with Crippen molar-refractivity contribution in [1.29, 1.82) is 0 Å². The highest BCUT2D eigenvalue weighted by atomic mass is 16.1. The van der Waals surface area contributed by atoms with E-state index in [0.717, 1.165) is 42.6 Å². The number of H-pyrrole nitrogens is 1. The number of nitrogens with zero attached hydrogens (tertiary/aromatic N) is 2. The van der Waals surface area contributed by atoms with Crippen LogP contribution in [-0.2, 0) is 12.8 Å². The second-order valence-corrected chi connectivity index (χ2v) is 4.26. The number of fused-ring (bicyclic) bond motifs is 1. The van der Waals surface area contributed by atoms with Crippen molar-refractivity contribution in [2.24, 2.45) is 0 Å². The Labute approximate surface area is 98.8 Å². The second kappa shape index (κ2) is 4.13. The highest BCUT2D eigenvalue weighted by Crippen LogP contribution is 2.18. The third-order valence-corrected chi connectivity index (χ3v) is 3.10. The van der Waals surface area contributed by atoms with Gasteiger partial charge < -0.3 is 4.98 Å². The first-order valence-electron chi connectivity index (χ1n) is 5.88. The Morgan fingerprint density at radius 2 is 2.06 bits per heavy atom. The molecule has 1 N–H and O–H groups in total. The van der Waals surface area contributed by atoms with Gasteiger partial charge in [-0.1, -0.05) is 6.07 Å². The zero-order valence-electron chi connectivity index (χ0n) is 9.44. The van der Waals surface area contributed by atoms with Crippen LogP contribution in [0, 0.1) is 0 Å². The van der Waals surface area contributed by atoms with Crippen LogP contribution < -0.4 is 5.56 Å². The lowest BCUT2D eigenvalue weighted by Crippen LogP contribution is -2.21. The van der Waals surface area contributed by atoms with E-state index < -0.39 is 0 Å². The first-order chi connectivity index (χ1) is 8.34. The Balaban J connectivity index is 2.14. The van der Waals surface area contributed by atoms with Crippen LogP contribution in [0.4, 0.5) is 0 Å². The summed E-state index contributed by atoms with van der Waals surface area (Å²) in [6, 6.07) is 5.59. The molecule has 2 aromatic rings. The molecule has 1 aliphatic rings. The highest BCUT2D eigenvalue weighted by molar-refractivity contribution is 5.49. The zero-order chi connectivity index (χ0) is 11.7. The average Bonchev–Trinajstić information content (AvgIpc) is 2.40. The van der Waals surface area contributed by atoms with Crippen molar-refractivity contribution in [2.45, 2.75) is 25.7 Å². The van der Waals surface area contributed by atoms with E-state index in [0.29, 0.717) is 5.82 Å². The van der Waals surface area contributed by atoms with Crippen LogP contribution in [0.5, 0.6) is 0 Å². The van der Waals surface area contributed by atoms with Crippen molar-refractivity contribution < 1.29 is 0 Å². The van der Waals surface area contributed by atoms with Gasteiger partial charge in [0.2, 0.25) is 0 Å². The van der Waals surface area contributed by atoms with Gasteiger partial charge in [-0.15, -0.1) is 0 Å². The zero-order valence-corrected chi connectivity index (χ0v) is 9.44. The maximum absolute atomic E-state index is 11.9. The van der Waals surface area contributed by atoms with Crippen LogP contribution in [0.3, 0.4) is 0 Å². The lowest BCUT2D eigenvalue weighted by atomic mass is 9.97. The Morgan fingerprint density at radius 3 is 2.88 bits per heavy atom. The van der Waals surface area contributed by atoms with E-state index in [1.807, 2.05) is 18.2 Å². The highest BCUT2D eigenvalue weighted by Gasteiger charge is 2.16. The number of aromatic nitrogens is 3. The minimum Gasteiger partial charge on any atom is -0.305 e. The van der Waals surface area contributed by atoms with E-state index in [-0.39, 0.29) is 5.56 Å². The smallest absolute Gasteiger partial charge is 0.254 e. The van der Waals surface area contributed by atoms with Crippen LogP contribution >= 0.6 is 0 Å². The molecule has 0 spiro atoms. The number of nitrogens with one attached hydrogen (secondary N) is 1. The molecule has 0 saturated carbocycles. The largest absolute Gasteiger partial charge is 0.305 e. The SMILES string of the molecule is O=c1[nH]c(-c2ccccn2)nc2c1CCCC2. The van der Waals surface area contributed by atoms with Crippen molar-refractivity contribution in [3.8, 4) is 11.5 Å². The topological polar surface area (TPSA) is 58.6 Å². The monoisotopic (exact) mass is 227 g/mol. The van der Waals surface area contributed by atoms with Crippen molar-refractivity contribution >= 4 is 0 Å². The van der Waals surface area contributed by atoms with Gasteiger partial charge in [-0.3, -0.25) is 9.78 Å². The van der Waals surface area contributed by atoms with Crippen LogP contribution in [-0.4, -0.2) is 15.0 Å². The van der Waals surface area contributed by atoms with E-state index in [1.54, 1.807) is 6.20 Å². The average molecular weight is 227 g/mol. The molecule has 0 saturated heterocycles. The van der Waals surface area contributed by atoms with Gasteiger partial charge in [0, 0.05) is 11.8 Å². The molecule has 0 fully saturated rings. The third kappa shape index (κ3) is 1.86. The molecule has 0 unspecified atom stereocenters. The number of aromatic amines is 1. The molecule has 0 radical (unpaired) electrons. The summed E-state index contributed by atoms with van der Waals surface area (Å²) in [5.74, 6) is 0.580. The van der Waals surface area contributed by atoms with Gasteiger partial charge in [-0.05, 0) is 37.8 Å². The molecule has 0 atom stereocenters. The minimum atomic E-state index is -0.00430. The van der Waals surface area contributed by atoms with Crippen molar-refractivity contribution in [2.75, 3.05) is 0 Å². The Bertz CT molecular complexity index is 589. The fraction of sp³-hybridized carbons (Fsp3) is 0.308. The quantitative estimate of drug-likeness (QED) is 0.806. The minimum absolute atomic E-state index is 0.00430. The summed E-state index contributed by atoms with van der Waals surface area (Å²) < 4.78 is 0. The molecule has 4 heteroatoms. The first kappa shape index (κ1) is 10.2. The predicted molar refractivity (Wildman–Crippen MR) is 64.7 cm³/mol. The van der Waals surface area contributed by atoms with Crippen LogP contribution in [0.2, 0.25) is 0 Å². The van der Waals surface area contributed by atoms with Gasteiger partial charge in [-0.2, -0.15) is 0 Å². The molecule has 1 aliphatic carbocycles. The molecule has 0 aliphatic heterocycles. The molecule has 4 nitrogen and oxygen atoms in total. The molecular formula is C13H13N3O. The van der Waals surface area contributed by atoms with E-state index in [9.17, 15) is 4.79 Å². The van der Waals surface area contributed by atoms with Crippen molar-refractivity contribution in [3.63, 3.8) is 0 Å². The van der Waals surface area contributed by atoms with Gasteiger partial charge in [0.15, 0.2) is 5.82 Å². The van der Waals surface area contributed by atoms with Gasteiger partial charge in [0.1, 0.15) is 5.69 Å². The van der Waals surface area contributed by atoms with Crippen molar-refractivity contribution in [1.82, 2.24) is 15.0 Å². The number of aryl methyl sites for hydroxylation is 1. The summed E-state index contributed by atoms with van der Waals surface area (Å²) in [4.78, 5) is 23.5. The maximum Gasteiger partial charge on any atom is 0.254 e. The van der Waals surface area contributed by atoms with Gasteiger partial charge >= 0.3 is 0 Å². The fourth-order valence-electron chi connectivity index (χ4n) is 2.23. The number of rotatable bonds is 1. The van der Waals surface area contributed by atoms with Crippen LogP contribution in [0.1, 0.15) is 24.1 Å². The normalized spacial score (nSPS) is 14.4. The predicted octanol–water partition coefficient (Wildman–Crippen LogP) is 1.71. The second-order valence-electron chi connectivity index (χ2n) is 4.26. The molecule has 0 aromatic carbocycles. The molecule has 0 bridgehead atoms. The Hall–Kier alpha value is -1.97. The molecule has 2 aromatic heterocycles. The lowest BCUT2D eigenvalue weighted by Gasteiger charge is -2.14. The lowest BCUT2D eigenvalue weighted by molar-refractivity contribution is 0.657.